The van der Waals surface area contributed by atoms with E-state index in [1.807, 2.05) is 42.2 Å². The van der Waals surface area contributed by atoms with Crippen LogP contribution in [0.1, 0.15) is 5.56 Å². The molecular weight excluding hydrogens is 124 g/mol. The topological polar surface area (TPSA) is 30.9 Å². The Bertz CT molecular complexity index is 223. The molecule has 0 saturated heterocycles. The second kappa shape index (κ2) is 3.22. The molecule has 1 rings (SSSR count). The minimum Gasteiger partial charge on any atom is -0.357 e. The van der Waals surface area contributed by atoms with E-state index in [1.54, 1.807) is 0 Å². The smallest absolute Gasteiger partial charge is 0.0110 e. The van der Waals surface area contributed by atoms with E-state index in [0.717, 1.165) is 0 Å². The number of nitrogens with two attached hydrogens (primary N) is 1. The van der Waals surface area contributed by atoms with Gasteiger partial charge in [0.2, 0.25) is 0 Å². The summed E-state index contributed by atoms with van der Waals surface area (Å²) in [5.41, 5.74) is 6.49. The Balaban J connectivity index is 2.67. The summed E-state index contributed by atoms with van der Waals surface area (Å²) in [4.78, 5) is 0. The molecule has 0 aliphatic heterocycles. The van der Waals surface area contributed by atoms with Gasteiger partial charge in [-0.2, -0.15) is 0 Å². The van der Waals surface area contributed by atoms with Crippen molar-refractivity contribution in [3.05, 3.63) is 30.1 Å². The summed E-state index contributed by atoms with van der Waals surface area (Å²) in [5.74, 6) is 0. The summed E-state index contributed by atoms with van der Waals surface area (Å²) >= 11 is 0. The highest BCUT2D eigenvalue weighted by Gasteiger charge is 1.85. The van der Waals surface area contributed by atoms with Crippen molar-refractivity contribution in [3.63, 3.8) is 0 Å². The van der Waals surface area contributed by atoms with Crippen LogP contribution in [0.3, 0.4) is 0 Å². The third-order valence-corrected chi connectivity index (χ3v) is 1.30. The van der Waals surface area contributed by atoms with Crippen LogP contribution in [0.4, 0.5) is 0 Å². The predicted molar refractivity (Wildman–Crippen MR) is 43.5 cm³/mol. The number of rotatable bonds is 2. The molecule has 1 heterocycles. The largest absolute Gasteiger partial charge is 0.357 e. The zero-order chi connectivity index (χ0) is 7.40. The van der Waals surface area contributed by atoms with Crippen molar-refractivity contribution in [2.45, 2.75) is 0 Å². The summed E-state index contributed by atoms with van der Waals surface area (Å²) in [6, 6.07) is 2.05. The average Bonchev–Trinajstić information content (AvgIpc) is 2.31. The molecule has 0 spiro atoms. The van der Waals surface area contributed by atoms with E-state index in [0.29, 0.717) is 6.54 Å². The van der Waals surface area contributed by atoms with Crippen molar-refractivity contribution in [2.24, 2.45) is 12.8 Å². The van der Waals surface area contributed by atoms with Gasteiger partial charge in [0, 0.05) is 26.0 Å². The molecule has 0 bridgehead atoms. The number of aromatic nitrogens is 1. The van der Waals surface area contributed by atoms with Crippen LogP contribution in [-0.4, -0.2) is 11.1 Å². The summed E-state index contributed by atoms with van der Waals surface area (Å²) in [6.07, 6.45) is 8.01. The molecular formula is C8H12N2. The normalized spacial score (nSPS) is 11.0. The van der Waals surface area contributed by atoms with Crippen LogP contribution in [0.2, 0.25) is 0 Å². The van der Waals surface area contributed by atoms with Crippen molar-refractivity contribution in [2.75, 3.05) is 6.54 Å². The first-order chi connectivity index (χ1) is 4.83. The van der Waals surface area contributed by atoms with Gasteiger partial charge in [-0.1, -0.05) is 12.2 Å². The molecule has 2 nitrogen and oxygen atoms in total. The van der Waals surface area contributed by atoms with E-state index in [9.17, 15) is 0 Å². The Morgan fingerprint density at radius 3 is 3.00 bits per heavy atom. The van der Waals surface area contributed by atoms with Gasteiger partial charge in [0.1, 0.15) is 0 Å². The molecule has 0 fully saturated rings. The van der Waals surface area contributed by atoms with Gasteiger partial charge in [-0.25, -0.2) is 0 Å². The van der Waals surface area contributed by atoms with E-state index >= 15 is 0 Å². The fraction of sp³-hybridized carbons (Fsp3) is 0.250. The second-order valence-electron chi connectivity index (χ2n) is 2.25. The van der Waals surface area contributed by atoms with E-state index in [-0.39, 0.29) is 0 Å². The number of nitrogens with zero attached hydrogens (tertiary/aromatic N) is 1. The zero-order valence-corrected chi connectivity index (χ0v) is 6.12. The van der Waals surface area contributed by atoms with Crippen LogP contribution in [-0.2, 0) is 7.05 Å². The van der Waals surface area contributed by atoms with Gasteiger partial charge in [-0.15, -0.1) is 0 Å². The molecule has 0 saturated carbocycles. The minimum absolute atomic E-state index is 0.606. The van der Waals surface area contributed by atoms with Crippen LogP contribution < -0.4 is 5.73 Å². The zero-order valence-electron chi connectivity index (χ0n) is 6.12. The molecule has 10 heavy (non-hydrogen) atoms. The third-order valence-electron chi connectivity index (χ3n) is 1.30. The van der Waals surface area contributed by atoms with Gasteiger partial charge in [-0.05, 0) is 11.6 Å². The molecule has 1 aromatic rings. The molecule has 0 atom stereocenters. The number of aryl methyl sites for hydroxylation is 1. The van der Waals surface area contributed by atoms with Gasteiger partial charge in [0.15, 0.2) is 0 Å². The maximum absolute atomic E-state index is 5.29. The van der Waals surface area contributed by atoms with Crippen molar-refractivity contribution < 1.29 is 0 Å². The van der Waals surface area contributed by atoms with E-state index < -0.39 is 0 Å². The summed E-state index contributed by atoms with van der Waals surface area (Å²) in [7, 11) is 2.00. The third kappa shape index (κ3) is 1.74. The average molecular weight is 136 g/mol. The summed E-state index contributed by atoms with van der Waals surface area (Å²) in [6.45, 7) is 0.606. The van der Waals surface area contributed by atoms with Crippen molar-refractivity contribution >= 4 is 6.08 Å². The van der Waals surface area contributed by atoms with Crippen LogP contribution in [0.25, 0.3) is 6.08 Å². The first-order valence-corrected chi connectivity index (χ1v) is 3.31. The van der Waals surface area contributed by atoms with Crippen LogP contribution in [0.5, 0.6) is 0 Å². The van der Waals surface area contributed by atoms with Gasteiger partial charge in [0.25, 0.3) is 0 Å². The lowest BCUT2D eigenvalue weighted by molar-refractivity contribution is 0.927. The highest BCUT2D eigenvalue weighted by atomic mass is 14.9. The molecule has 0 aliphatic rings. The van der Waals surface area contributed by atoms with Crippen molar-refractivity contribution in [1.29, 1.82) is 0 Å². The van der Waals surface area contributed by atoms with Gasteiger partial charge >= 0.3 is 0 Å². The quantitative estimate of drug-likeness (QED) is 0.646. The molecule has 54 valence electrons. The maximum atomic E-state index is 5.29. The maximum Gasteiger partial charge on any atom is 0.0110 e. The molecule has 2 N–H and O–H groups in total. The number of hydrogen-bond donors (Lipinski definition) is 1. The lowest BCUT2D eigenvalue weighted by atomic mass is 10.3. The van der Waals surface area contributed by atoms with Crippen LogP contribution in [0.15, 0.2) is 24.5 Å². The monoisotopic (exact) mass is 136 g/mol. The first-order valence-electron chi connectivity index (χ1n) is 3.31. The van der Waals surface area contributed by atoms with Gasteiger partial charge in [0.05, 0.1) is 0 Å². The summed E-state index contributed by atoms with van der Waals surface area (Å²) in [5, 5.41) is 0. The summed E-state index contributed by atoms with van der Waals surface area (Å²) < 4.78 is 2.01. The Hall–Kier alpha value is -1.02. The highest BCUT2D eigenvalue weighted by Crippen LogP contribution is 2.00. The second-order valence-corrected chi connectivity index (χ2v) is 2.25. The molecule has 0 amide bonds. The lowest BCUT2D eigenvalue weighted by Crippen LogP contribution is -1.91. The Morgan fingerprint density at radius 2 is 2.50 bits per heavy atom. The Morgan fingerprint density at radius 1 is 1.70 bits per heavy atom. The van der Waals surface area contributed by atoms with E-state index in [2.05, 4.69) is 0 Å². The van der Waals surface area contributed by atoms with Crippen LogP contribution >= 0.6 is 0 Å². The van der Waals surface area contributed by atoms with E-state index in [1.165, 1.54) is 5.56 Å². The molecule has 0 aromatic carbocycles. The van der Waals surface area contributed by atoms with E-state index in [4.69, 9.17) is 5.73 Å². The molecule has 0 radical (unpaired) electrons. The fourth-order valence-corrected chi connectivity index (χ4v) is 0.828. The van der Waals surface area contributed by atoms with Gasteiger partial charge < -0.3 is 10.3 Å². The fourth-order valence-electron chi connectivity index (χ4n) is 0.828. The van der Waals surface area contributed by atoms with Crippen LogP contribution in [0, 0.1) is 0 Å². The standard InChI is InChI=1S/C8H12N2/c1-10-6-4-8(7-10)3-2-5-9/h2-4,6-7H,5,9H2,1H3/b3-2+. The van der Waals surface area contributed by atoms with Crippen molar-refractivity contribution in [3.8, 4) is 0 Å². The minimum atomic E-state index is 0.606. The first kappa shape index (κ1) is 7.09. The number of hydrogen-bond acceptors (Lipinski definition) is 1. The lowest BCUT2D eigenvalue weighted by Gasteiger charge is -1.84. The molecule has 0 unspecified atom stereocenters. The molecule has 0 aliphatic carbocycles. The predicted octanol–water partition coefficient (Wildman–Crippen LogP) is 0.997. The molecule has 2 heteroatoms. The van der Waals surface area contributed by atoms with Crippen molar-refractivity contribution in [1.82, 2.24) is 4.57 Å². The van der Waals surface area contributed by atoms with Gasteiger partial charge in [-0.3, -0.25) is 0 Å². The SMILES string of the molecule is Cn1ccc(/C=C/CN)c1. The Labute approximate surface area is 61.0 Å². The Kier molecular flexibility index (Phi) is 2.29. The molecule has 1 aromatic heterocycles. The highest BCUT2D eigenvalue weighted by molar-refractivity contribution is 5.47.